The molecule has 0 radical (unpaired) electrons. The van der Waals surface area contributed by atoms with E-state index in [4.69, 9.17) is 11.6 Å². The van der Waals surface area contributed by atoms with Gasteiger partial charge in [0.1, 0.15) is 5.82 Å². The van der Waals surface area contributed by atoms with Crippen molar-refractivity contribution in [1.29, 1.82) is 0 Å². The number of hydrogen-bond acceptors (Lipinski definition) is 2. The molecule has 0 heterocycles. The fourth-order valence-electron chi connectivity index (χ4n) is 3.83. The second-order valence-electron chi connectivity index (χ2n) is 5.84. The summed E-state index contributed by atoms with van der Waals surface area (Å²) in [6, 6.07) is 3.99. The van der Waals surface area contributed by atoms with Gasteiger partial charge in [-0.15, -0.1) is 0 Å². The standard InChI is InChI=1S/C15H15ClFNO3/c16-9-3-4-11(10(17)6-9)18-14(19)12-7-1-2-8(5-7)13(12)15(20)21/h3-4,6-8,12-13H,1-2,5H2,(H,18,19)(H,20,21)/t7-,8+,12+,13+/m1/s1. The van der Waals surface area contributed by atoms with Crippen molar-refractivity contribution in [3.05, 3.63) is 29.0 Å². The molecule has 4 atom stereocenters. The SMILES string of the molecule is O=C(O)[C@H]1[C@H]2CC[C@H](C2)[C@@H]1C(=O)Nc1ccc(Cl)cc1F. The van der Waals surface area contributed by atoms with E-state index in [1.54, 1.807) is 0 Å². The number of rotatable bonds is 3. The maximum Gasteiger partial charge on any atom is 0.307 e. The number of carbonyl (C=O) groups excluding carboxylic acids is 1. The summed E-state index contributed by atoms with van der Waals surface area (Å²) in [6.07, 6.45) is 2.51. The molecule has 2 saturated carbocycles. The molecular weight excluding hydrogens is 297 g/mol. The lowest BCUT2D eigenvalue weighted by Gasteiger charge is -2.27. The van der Waals surface area contributed by atoms with E-state index < -0.39 is 29.5 Å². The minimum atomic E-state index is -0.932. The smallest absolute Gasteiger partial charge is 0.307 e. The van der Waals surface area contributed by atoms with Gasteiger partial charge in [-0.2, -0.15) is 0 Å². The summed E-state index contributed by atoms with van der Waals surface area (Å²) in [4.78, 5) is 23.8. The Morgan fingerprint density at radius 3 is 2.52 bits per heavy atom. The van der Waals surface area contributed by atoms with Crippen LogP contribution in [0.5, 0.6) is 0 Å². The van der Waals surface area contributed by atoms with Gasteiger partial charge < -0.3 is 10.4 Å². The number of anilines is 1. The second-order valence-corrected chi connectivity index (χ2v) is 6.27. The van der Waals surface area contributed by atoms with E-state index in [2.05, 4.69) is 5.32 Å². The second kappa shape index (κ2) is 5.30. The van der Waals surface area contributed by atoms with Crippen molar-refractivity contribution in [3.63, 3.8) is 0 Å². The first-order valence-corrected chi connectivity index (χ1v) is 7.34. The molecule has 4 nitrogen and oxygen atoms in total. The van der Waals surface area contributed by atoms with Gasteiger partial charge in [0.2, 0.25) is 5.91 Å². The zero-order valence-electron chi connectivity index (χ0n) is 11.2. The lowest BCUT2D eigenvalue weighted by Crippen LogP contribution is -2.38. The molecule has 0 spiro atoms. The summed E-state index contributed by atoms with van der Waals surface area (Å²) in [5.41, 5.74) is 0.0383. The average molecular weight is 312 g/mol. The van der Waals surface area contributed by atoms with E-state index in [0.29, 0.717) is 0 Å². The molecule has 2 N–H and O–H groups in total. The molecule has 1 aromatic carbocycles. The maximum atomic E-state index is 13.7. The van der Waals surface area contributed by atoms with Crippen LogP contribution in [0.25, 0.3) is 0 Å². The Bertz CT molecular complexity index is 607. The number of hydrogen-bond donors (Lipinski definition) is 2. The quantitative estimate of drug-likeness (QED) is 0.901. The van der Waals surface area contributed by atoms with Crippen LogP contribution in [0.15, 0.2) is 18.2 Å². The molecule has 2 bridgehead atoms. The summed E-state index contributed by atoms with van der Waals surface area (Å²) in [6.45, 7) is 0. The van der Waals surface area contributed by atoms with Crippen LogP contribution in [0.3, 0.4) is 0 Å². The molecule has 112 valence electrons. The molecule has 2 fully saturated rings. The Morgan fingerprint density at radius 2 is 1.90 bits per heavy atom. The van der Waals surface area contributed by atoms with Gasteiger partial charge in [0, 0.05) is 5.02 Å². The number of carboxylic acid groups (broad SMARTS) is 1. The molecule has 1 amide bonds. The van der Waals surface area contributed by atoms with Crippen molar-refractivity contribution in [1.82, 2.24) is 0 Å². The highest BCUT2D eigenvalue weighted by atomic mass is 35.5. The van der Waals surface area contributed by atoms with Crippen molar-refractivity contribution in [2.75, 3.05) is 5.32 Å². The largest absolute Gasteiger partial charge is 0.481 e. The molecular formula is C15H15ClFNO3. The van der Waals surface area contributed by atoms with Gasteiger partial charge in [-0.3, -0.25) is 9.59 Å². The average Bonchev–Trinajstić information content (AvgIpc) is 3.02. The Labute approximate surface area is 126 Å². The first kappa shape index (κ1) is 14.3. The molecule has 0 unspecified atom stereocenters. The molecule has 0 aromatic heterocycles. The Hall–Kier alpha value is -1.62. The normalized spacial score (nSPS) is 30.4. The maximum absolute atomic E-state index is 13.7. The Kier molecular flexibility index (Phi) is 3.61. The lowest BCUT2D eigenvalue weighted by atomic mass is 9.78. The molecule has 0 aliphatic heterocycles. The van der Waals surface area contributed by atoms with Gasteiger partial charge in [0.25, 0.3) is 0 Å². The molecule has 21 heavy (non-hydrogen) atoms. The van der Waals surface area contributed by atoms with Crippen LogP contribution >= 0.6 is 11.6 Å². The van der Waals surface area contributed by atoms with E-state index in [1.165, 1.54) is 12.1 Å². The first-order chi connectivity index (χ1) is 9.97. The van der Waals surface area contributed by atoms with E-state index in [1.807, 2.05) is 0 Å². The summed E-state index contributed by atoms with van der Waals surface area (Å²) in [7, 11) is 0. The fourth-order valence-corrected chi connectivity index (χ4v) is 3.99. The van der Waals surface area contributed by atoms with Gasteiger partial charge in [-0.25, -0.2) is 4.39 Å². The minimum Gasteiger partial charge on any atom is -0.481 e. The summed E-state index contributed by atoms with van der Waals surface area (Å²) in [5, 5.41) is 12.1. The Balaban J connectivity index is 1.80. The van der Waals surface area contributed by atoms with Gasteiger partial charge >= 0.3 is 5.97 Å². The van der Waals surface area contributed by atoms with E-state index in [0.717, 1.165) is 25.3 Å². The first-order valence-electron chi connectivity index (χ1n) is 6.96. The van der Waals surface area contributed by atoms with Gasteiger partial charge in [-0.05, 0) is 49.3 Å². The summed E-state index contributed by atoms with van der Waals surface area (Å²) in [5.74, 6) is -3.03. The molecule has 2 aliphatic carbocycles. The van der Waals surface area contributed by atoms with Crippen molar-refractivity contribution in [3.8, 4) is 0 Å². The molecule has 6 heteroatoms. The van der Waals surface area contributed by atoms with Crippen LogP contribution in [0.4, 0.5) is 10.1 Å². The van der Waals surface area contributed by atoms with Crippen molar-refractivity contribution in [2.45, 2.75) is 19.3 Å². The Morgan fingerprint density at radius 1 is 1.24 bits per heavy atom. The van der Waals surface area contributed by atoms with Crippen LogP contribution in [-0.2, 0) is 9.59 Å². The van der Waals surface area contributed by atoms with Gasteiger partial charge in [0.15, 0.2) is 0 Å². The third kappa shape index (κ3) is 2.50. The number of nitrogens with one attached hydrogen (secondary N) is 1. The highest BCUT2D eigenvalue weighted by Gasteiger charge is 2.54. The number of amides is 1. The lowest BCUT2D eigenvalue weighted by molar-refractivity contribution is -0.148. The minimum absolute atomic E-state index is 0.0383. The summed E-state index contributed by atoms with van der Waals surface area (Å²) >= 11 is 5.67. The van der Waals surface area contributed by atoms with Crippen LogP contribution in [-0.4, -0.2) is 17.0 Å². The number of halogens is 2. The molecule has 2 aliphatic rings. The van der Waals surface area contributed by atoms with Crippen LogP contribution < -0.4 is 5.32 Å². The van der Waals surface area contributed by atoms with Crippen LogP contribution in [0.2, 0.25) is 5.02 Å². The number of aliphatic carboxylic acids is 1. The van der Waals surface area contributed by atoms with Crippen molar-refractivity contribution >= 4 is 29.2 Å². The van der Waals surface area contributed by atoms with E-state index in [9.17, 15) is 19.1 Å². The predicted molar refractivity (Wildman–Crippen MR) is 75.5 cm³/mol. The summed E-state index contributed by atoms with van der Waals surface area (Å²) < 4.78 is 13.7. The molecule has 3 rings (SSSR count). The number of carbonyl (C=O) groups is 2. The highest BCUT2D eigenvalue weighted by Crippen LogP contribution is 2.52. The van der Waals surface area contributed by atoms with Gasteiger partial charge in [0.05, 0.1) is 17.5 Å². The van der Waals surface area contributed by atoms with Crippen LogP contribution in [0.1, 0.15) is 19.3 Å². The third-order valence-corrected chi connectivity index (χ3v) is 4.93. The van der Waals surface area contributed by atoms with Crippen LogP contribution in [0, 0.1) is 29.5 Å². The molecule has 0 saturated heterocycles. The van der Waals surface area contributed by atoms with Crippen molar-refractivity contribution < 1.29 is 19.1 Å². The van der Waals surface area contributed by atoms with E-state index in [-0.39, 0.29) is 22.5 Å². The number of carboxylic acids is 1. The van der Waals surface area contributed by atoms with E-state index >= 15 is 0 Å². The zero-order chi connectivity index (χ0) is 15.1. The fraction of sp³-hybridized carbons (Fsp3) is 0.467. The number of fused-ring (bicyclic) bond motifs is 2. The predicted octanol–water partition coefficient (Wildman–Crippen LogP) is 3.16. The van der Waals surface area contributed by atoms with Gasteiger partial charge in [-0.1, -0.05) is 11.6 Å². The topological polar surface area (TPSA) is 66.4 Å². The highest BCUT2D eigenvalue weighted by molar-refractivity contribution is 6.30. The van der Waals surface area contributed by atoms with Crippen molar-refractivity contribution in [2.24, 2.45) is 23.7 Å². The molecule has 1 aromatic rings. The zero-order valence-corrected chi connectivity index (χ0v) is 11.9. The number of benzene rings is 1. The monoisotopic (exact) mass is 311 g/mol. The third-order valence-electron chi connectivity index (χ3n) is 4.69.